The highest BCUT2D eigenvalue weighted by Gasteiger charge is 2.19. The van der Waals surface area contributed by atoms with Gasteiger partial charge < -0.3 is 4.74 Å². The first-order valence-corrected chi connectivity index (χ1v) is 5.01. The summed E-state index contributed by atoms with van der Waals surface area (Å²) in [7, 11) is 0. The van der Waals surface area contributed by atoms with Crippen molar-refractivity contribution in [3.8, 4) is 5.75 Å². The van der Waals surface area contributed by atoms with Gasteiger partial charge >= 0.3 is 5.69 Å². The second-order valence-electron chi connectivity index (χ2n) is 3.16. The van der Waals surface area contributed by atoms with Crippen LogP contribution in [-0.4, -0.2) is 11.0 Å². The minimum Gasteiger partial charge on any atom is -0.484 e. The van der Waals surface area contributed by atoms with Crippen LogP contribution in [0.1, 0.15) is 13.8 Å². The molecular weight excluding hydrogens is 269 g/mol. The molecule has 0 aliphatic rings. The van der Waals surface area contributed by atoms with Gasteiger partial charge in [0.25, 0.3) is 0 Å². The number of ether oxygens (including phenoxy) is 1. The summed E-state index contributed by atoms with van der Waals surface area (Å²) in [6.07, 6.45) is -0.207. The number of rotatable bonds is 3. The maximum Gasteiger partial charge on any atom is 0.313 e. The average molecular weight is 278 g/mol. The third-order valence-corrected chi connectivity index (χ3v) is 2.17. The van der Waals surface area contributed by atoms with E-state index in [1.807, 2.05) is 0 Å². The number of nitro benzene ring substituents is 1. The van der Waals surface area contributed by atoms with E-state index in [0.717, 1.165) is 6.07 Å². The van der Waals surface area contributed by atoms with Crippen LogP contribution in [0.3, 0.4) is 0 Å². The van der Waals surface area contributed by atoms with Gasteiger partial charge in [-0.3, -0.25) is 10.1 Å². The van der Waals surface area contributed by atoms with E-state index in [-0.39, 0.29) is 22.0 Å². The van der Waals surface area contributed by atoms with Crippen LogP contribution in [0.4, 0.5) is 10.1 Å². The zero-order chi connectivity index (χ0) is 11.6. The van der Waals surface area contributed by atoms with Crippen molar-refractivity contribution in [3.05, 3.63) is 32.5 Å². The number of nitro groups is 1. The third-order valence-electron chi connectivity index (χ3n) is 1.56. The first-order chi connectivity index (χ1) is 6.91. The molecule has 82 valence electrons. The van der Waals surface area contributed by atoms with E-state index in [9.17, 15) is 14.5 Å². The van der Waals surface area contributed by atoms with Gasteiger partial charge in [0, 0.05) is 6.07 Å². The number of hydrogen-bond donors (Lipinski definition) is 0. The number of halogens is 2. The molecule has 0 aliphatic heterocycles. The molecule has 0 radical (unpaired) electrons. The van der Waals surface area contributed by atoms with E-state index in [0.29, 0.717) is 0 Å². The third kappa shape index (κ3) is 2.89. The first-order valence-electron chi connectivity index (χ1n) is 4.22. The van der Waals surface area contributed by atoms with Gasteiger partial charge in [0.2, 0.25) is 0 Å². The van der Waals surface area contributed by atoms with Crippen molar-refractivity contribution in [1.29, 1.82) is 0 Å². The maximum absolute atomic E-state index is 13.1. The summed E-state index contributed by atoms with van der Waals surface area (Å²) in [4.78, 5) is 9.94. The zero-order valence-corrected chi connectivity index (χ0v) is 9.75. The van der Waals surface area contributed by atoms with Crippen LogP contribution in [-0.2, 0) is 0 Å². The lowest BCUT2D eigenvalue weighted by molar-refractivity contribution is -0.386. The van der Waals surface area contributed by atoms with Gasteiger partial charge in [0.1, 0.15) is 5.82 Å². The Bertz CT molecular complexity index is 395. The Hall–Kier alpha value is -1.17. The summed E-state index contributed by atoms with van der Waals surface area (Å²) in [5.41, 5.74) is -0.371. The smallest absolute Gasteiger partial charge is 0.313 e. The normalized spacial score (nSPS) is 10.5. The number of nitrogens with zero attached hydrogens (tertiary/aromatic N) is 1. The van der Waals surface area contributed by atoms with Crippen molar-refractivity contribution in [3.63, 3.8) is 0 Å². The fourth-order valence-corrected chi connectivity index (χ4v) is 1.33. The van der Waals surface area contributed by atoms with E-state index in [2.05, 4.69) is 15.9 Å². The summed E-state index contributed by atoms with van der Waals surface area (Å²) in [5, 5.41) is 10.6. The van der Waals surface area contributed by atoms with Gasteiger partial charge in [-0.05, 0) is 29.8 Å². The molecule has 0 bridgehead atoms. The van der Waals surface area contributed by atoms with Gasteiger partial charge in [0.15, 0.2) is 5.75 Å². The molecule has 0 heterocycles. The topological polar surface area (TPSA) is 52.4 Å². The van der Waals surface area contributed by atoms with E-state index in [4.69, 9.17) is 4.74 Å². The summed E-state index contributed by atoms with van der Waals surface area (Å²) in [6, 6.07) is 2.09. The Labute approximate surface area is 94.3 Å². The van der Waals surface area contributed by atoms with Crippen molar-refractivity contribution in [2.75, 3.05) is 0 Å². The lowest BCUT2D eigenvalue weighted by Crippen LogP contribution is -2.07. The van der Waals surface area contributed by atoms with Crippen LogP contribution in [0.25, 0.3) is 0 Å². The van der Waals surface area contributed by atoms with Crippen molar-refractivity contribution in [1.82, 2.24) is 0 Å². The van der Waals surface area contributed by atoms with Crippen molar-refractivity contribution < 1.29 is 14.1 Å². The van der Waals surface area contributed by atoms with Gasteiger partial charge in [-0.25, -0.2) is 4.39 Å². The van der Waals surface area contributed by atoms with Crippen LogP contribution in [0.5, 0.6) is 5.75 Å². The predicted octanol–water partition coefficient (Wildman–Crippen LogP) is 3.28. The summed E-state index contributed by atoms with van der Waals surface area (Å²) in [5.74, 6) is -0.624. The Balaban J connectivity index is 3.22. The Kier molecular flexibility index (Phi) is 3.62. The molecule has 0 atom stereocenters. The first kappa shape index (κ1) is 11.9. The molecule has 0 aromatic heterocycles. The second kappa shape index (κ2) is 4.57. The van der Waals surface area contributed by atoms with Gasteiger partial charge in [-0.15, -0.1) is 0 Å². The molecule has 0 saturated carbocycles. The maximum atomic E-state index is 13.1. The number of hydrogen-bond acceptors (Lipinski definition) is 3. The summed E-state index contributed by atoms with van der Waals surface area (Å²) >= 11 is 2.94. The minimum atomic E-state index is -0.683. The van der Waals surface area contributed by atoms with Crippen LogP contribution < -0.4 is 4.74 Å². The molecule has 1 rings (SSSR count). The zero-order valence-electron chi connectivity index (χ0n) is 8.16. The van der Waals surface area contributed by atoms with E-state index >= 15 is 0 Å². The molecule has 4 nitrogen and oxygen atoms in total. The minimum absolute atomic E-state index is 0.0586. The van der Waals surface area contributed by atoms with Crippen LogP contribution >= 0.6 is 15.9 Å². The Morgan fingerprint density at radius 2 is 2.13 bits per heavy atom. The molecule has 0 spiro atoms. The Morgan fingerprint density at radius 3 is 2.60 bits per heavy atom. The Morgan fingerprint density at radius 1 is 1.53 bits per heavy atom. The fraction of sp³-hybridized carbons (Fsp3) is 0.333. The largest absolute Gasteiger partial charge is 0.484 e. The van der Waals surface area contributed by atoms with Crippen LogP contribution in [0, 0.1) is 15.9 Å². The van der Waals surface area contributed by atoms with Crippen molar-refractivity contribution in [2.45, 2.75) is 20.0 Å². The van der Waals surface area contributed by atoms with Crippen LogP contribution in [0.2, 0.25) is 0 Å². The summed E-state index contributed by atoms with van der Waals surface area (Å²) in [6.45, 7) is 3.47. The van der Waals surface area contributed by atoms with E-state index in [1.165, 1.54) is 6.07 Å². The van der Waals surface area contributed by atoms with Crippen molar-refractivity contribution >= 4 is 21.6 Å². The molecule has 6 heteroatoms. The highest BCUT2D eigenvalue weighted by atomic mass is 79.9. The standard InChI is InChI=1S/C9H9BrFNO3/c1-5(2)15-9-3-6(10)7(11)4-8(9)12(13)14/h3-5H,1-2H3. The quantitative estimate of drug-likeness (QED) is 0.629. The monoisotopic (exact) mass is 277 g/mol. The molecule has 15 heavy (non-hydrogen) atoms. The highest BCUT2D eigenvalue weighted by molar-refractivity contribution is 9.10. The fourth-order valence-electron chi connectivity index (χ4n) is 1.01. The SMILES string of the molecule is CC(C)Oc1cc(Br)c(F)cc1[N+](=O)[O-]. The van der Waals surface area contributed by atoms with Gasteiger partial charge in [-0.2, -0.15) is 0 Å². The molecule has 1 aromatic carbocycles. The molecule has 0 amide bonds. The van der Waals surface area contributed by atoms with Gasteiger partial charge in [-0.1, -0.05) is 0 Å². The molecule has 1 aromatic rings. The highest BCUT2D eigenvalue weighted by Crippen LogP contribution is 2.32. The lowest BCUT2D eigenvalue weighted by atomic mass is 10.3. The lowest BCUT2D eigenvalue weighted by Gasteiger charge is -2.10. The average Bonchev–Trinajstić information content (AvgIpc) is 2.09. The van der Waals surface area contributed by atoms with Crippen LogP contribution in [0.15, 0.2) is 16.6 Å². The van der Waals surface area contributed by atoms with Crippen molar-refractivity contribution in [2.24, 2.45) is 0 Å². The van der Waals surface area contributed by atoms with E-state index in [1.54, 1.807) is 13.8 Å². The number of benzene rings is 1. The predicted molar refractivity (Wildman–Crippen MR) is 56.5 cm³/mol. The summed E-state index contributed by atoms with van der Waals surface area (Å²) < 4.78 is 18.4. The van der Waals surface area contributed by atoms with Gasteiger partial charge in [0.05, 0.1) is 21.6 Å². The molecule has 0 unspecified atom stereocenters. The van der Waals surface area contributed by atoms with E-state index < -0.39 is 10.7 Å². The molecule has 0 N–H and O–H groups in total. The molecule has 0 saturated heterocycles. The molecule has 0 fully saturated rings. The second-order valence-corrected chi connectivity index (χ2v) is 4.01. The molecular formula is C9H9BrFNO3. The molecule has 0 aliphatic carbocycles.